The number of hydrogen-bond acceptors (Lipinski definition) is 3. The van der Waals surface area contributed by atoms with E-state index in [0.717, 1.165) is 5.56 Å². The summed E-state index contributed by atoms with van der Waals surface area (Å²) >= 11 is 5.91. The molecular weight excluding hydrogens is 419 g/mol. The van der Waals surface area contributed by atoms with Gasteiger partial charge in [0, 0.05) is 44.8 Å². The van der Waals surface area contributed by atoms with Crippen LogP contribution in [0, 0.1) is 5.92 Å². The van der Waals surface area contributed by atoms with E-state index in [2.05, 4.69) is 10.3 Å². The summed E-state index contributed by atoms with van der Waals surface area (Å²) in [6, 6.07) is 7.43. The van der Waals surface area contributed by atoms with Crippen molar-refractivity contribution >= 4 is 23.5 Å². The number of hydrogen-bond donors (Lipinski definition) is 1. The lowest BCUT2D eigenvalue weighted by Gasteiger charge is -2.36. The van der Waals surface area contributed by atoms with Gasteiger partial charge in [-0.2, -0.15) is 13.2 Å². The minimum atomic E-state index is -4.16. The molecule has 6 nitrogen and oxygen atoms in total. The van der Waals surface area contributed by atoms with E-state index in [1.807, 2.05) is 29.2 Å². The summed E-state index contributed by atoms with van der Waals surface area (Å²) in [6.07, 6.45) is -3.45. The quantitative estimate of drug-likeness (QED) is 0.558. The van der Waals surface area contributed by atoms with Crippen molar-refractivity contribution in [2.75, 3.05) is 52.9 Å². The molecule has 1 N–H and O–H groups in total. The maximum Gasteiger partial charge on any atom is 0.401 e. The SMILES string of the molecule is CN=C(NCC1CCN(CC(F)(F)F)C1)N1CCN(Cc2ccc(Cl)cc2)C(=O)C1. The molecule has 0 saturated carbocycles. The molecule has 1 atom stereocenters. The van der Waals surface area contributed by atoms with Crippen LogP contribution in [0.2, 0.25) is 5.02 Å². The first-order chi connectivity index (χ1) is 14.2. The monoisotopic (exact) mass is 445 g/mol. The second-order valence-electron chi connectivity index (χ2n) is 7.80. The number of rotatable bonds is 5. The predicted molar refractivity (Wildman–Crippen MR) is 110 cm³/mol. The average molecular weight is 446 g/mol. The van der Waals surface area contributed by atoms with Gasteiger partial charge in [-0.15, -0.1) is 0 Å². The normalized spacial score (nSPS) is 21.4. The fraction of sp³-hybridized carbons (Fsp3) is 0.600. The maximum absolute atomic E-state index is 12.6. The van der Waals surface area contributed by atoms with Gasteiger partial charge in [0.05, 0.1) is 13.1 Å². The van der Waals surface area contributed by atoms with Crippen LogP contribution < -0.4 is 5.32 Å². The second kappa shape index (κ2) is 9.87. The molecule has 10 heteroatoms. The third-order valence-electron chi connectivity index (χ3n) is 5.44. The van der Waals surface area contributed by atoms with Crippen molar-refractivity contribution in [3.05, 3.63) is 34.9 Å². The topological polar surface area (TPSA) is 51.2 Å². The van der Waals surface area contributed by atoms with Crippen LogP contribution in [0.5, 0.6) is 0 Å². The third kappa shape index (κ3) is 6.50. The van der Waals surface area contributed by atoms with Gasteiger partial charge in [0.2, 0.25) is 5.91 Å². The fourth-order valence-electron chi connectivity index (χ4n) is 3.91. The number of nitrogens with one attached hydrogen (secondary N) is 1. The lowest BCUT2D eigenvalue weighted by Crippen LogP contribution is -2.55. The molecule has 30 heavy (non-hydrogen) atoms. The minimum absolute atomic E-state index is 0.0105. The van der Waals surface area contributed by atoms with Gasteiger partial charge in [-0.1, -0.05) is 23.7 Å². The highest BCUT2D eigenvalue weighted by atomic mass is 35.5. The van der Waals surface area contributed by atoms with E-state index < -0.39 is 12.7 Å². The molecule has 2 aliphatic rings. The molecule has 0 spiro atoms. The van der Waals surface area contributed by atoms with Gasteiger partial charge in [-0.3, -0.25) is 14.7 Å². The highest BCUT2D eigenvalue weighted by Crippen LogP contribution is 2.22. The Hall–Kier alpha value is -2.00. The summed E-state index contributed by atoms with van der Waals surface area (Å²) in [4.78, 5) is 22.0. The molecule has 0 aliphatic carbocycles. The molecule has 0 radical (unpaired) electrons. The van der Waals surface area contributed by atoms with E-state index in [-0.39, 0.29) is 18.4 Å². The molecule has 1 amide bonds. The molecule has 166 valence electrons. The van der Waals surface area contributed by atoms with Crippen molar-refractivity contribution in [1.82, 2.24) is 20.0 Å². The van der Waals surface area contributed by atoms with Crippen LogP contribution in [0.4, 0.5) is 13.2 Å². The number of carbonyl (C=O) groups is 1. The summed E-state index contributed by atoms with van der Waals surface area (Å²) in [5.74, 6) is 0.756. The number of aliphatic imine (C=N–C) groups is 1. The standard InChI is InChI=1S/C20H27ClF3N5O/c1-25-19(26-10-16-6-7-27(11-16)14-20(22,23)24)29-9-8-28(18(30)13-29)12-15-2-4-17(21)5-3-15/h2-5,16H,6-14H2,1H3,(H,25,26). The van der Waals surface area contributed by atoms with Crippen LogP contribution in [0.3, 0.4) is 0 Å². The Balaban J connectivity index is 1.45. The van der Waals surface area contributed by atoms with Gasteiger partial charge in [-0.05, 0) is 36.6 Å². The Morgan fingerprint density at radius 3 is 2.60 bits per heavy atom. The molecule has 0 aromatic heterocycles. The first-order valence-electron chi connectivity index (χ1n) is 10.0. The number of benzene rings is 1. The maximum atomic E-state index is 12.6. The number of nitrogens with zero attached hydrogens (tertiary/aromatic N) is 4. The fourth-order valence-corrected chi connectivity index (χ4v) is 4.04. The van der Waals surface area contributed by atoms with Crippen molar-refractivity contribution in [2.45, 2.75) is 19.1 Å². The van der Waals surface area contributed by atoms with Crippen molar-refractivity contribution < 1.29 is 18.0 Å². The number of amides is 1. The number of alkyl halides is 3. The Morgan fingerprint density at radius 1 is 1.23 bits per heavy atom. The predicted octanol–water partition coefficient (Wildman–Crippen LogP) is 2.44. The van der Waals surface area contributed by atoms with Gasteiger partial charge in [0.25, 0.3) is 0 Å². The third-order valence-corrected chi connectivity index (χ3v) is 5.69. The molecule has 2 heterocycles. The van der Waals surface area contributed by atoms with E-state index in [1.165, 1.54) is 4.90 Å². The zero-order chi connectivity index (χ0) is 21.7. The van der Waals surface area contributed by atoms with Crippen LogP contribution in [-0.2, 0) is 11.3 Å². The minimum Gasteiger partial charge on any atom is -0.356 e. The molecule has 2 aliphatic heterocycles. The zero-order valence-corrected chi connectivity index (χ0v) is 17.7. The number of carbonyl (C=O) groups excluding carboxylic acids is 1. The van der Waals surface area contributed by atoms with Crippen molar-refractivity contribution in [1.29, 1.82) is 0 Å². The summed E-state index contributed by atoms with van der Waals surface area (Å²) in [6.45, 7) is 2.52. The molecular formula is C20H27ClF3N5O. The van der Waals surface area contributed by atoms with Crippen LogP contribution >= 0.6 is 11.6 Å². The van der Waals surface area contributed by atoms with Gasteiger partial charge >= 0.3 is 6.18 Å². The number of halogens is 4. The Morgan fingerprint density at radius 2 is 1.97 bits per heavy atom. The molecule has 1 unspecified atom stereocenters. The first-order valence-corrected chi connectivity index (χ1v) is 10.4. The molecule has 2 saturated heterocycles. The zero-order valence-electron chi connectivity index (χ0n) is 17.0. The molecule has 2 fully saturated rings. The van der Waals surface area contributed by atoms with Crippen LogP contribution in [0.25, 0.3) is 0 Å². The molecule has 1 aromatic rings. The number of piperazine rings is 1. The highest BCUT2D eigenvalue weighted by molar-refractivity contribution is 6.30. The van der Waals surface area contributed by atoms with E-state index in [0.29, 0.717) is 56.7 Å². The van der Waals surface area contributed by atoms with Gasteiger partial charge in [0.1, 0.15) is 0 Å². The van der Waals surface area contributed by atoms with Crippen molar-refractivity contribution in [3.8, 4) is 0 Å². The van der Waals surface area contributed by atoms with Crippen LogP contribution in [0.1, 0.15) is 12.0 Å². The summed E-state index contributed by atoms with van der Waals surface area (Å²) in [7, 11) is 1.65. The first kappa shape index (κ1) is 22.7. The summed E-state index contributed by atoms with van der Waals surface area (Å²) in [5, 5.41) is 3.90. The lowest BCUT2D eigenvalue weighted by molar-refractivity contribution is -0.143. The average Bonchev–Trinajstić information content (AvgIpc) is 3.11. The Kier molecular flexibility index (Phi) is 7.46. The lowest BCUT2D eigenvalue weighted by atomic mass is 10.1. The van der Waals surface area contributed by atoms with E-state index in [1.54, 1.807) is 11.9 Å². The number of guanidine groups is 1. The molecule has 0 bridgehead atoms. The largest absolute Gasteiger partial charge is 0.401 e. The van der Waals surface area contributed by atoms with E-state index in [4.69, 9.17) is 11.6 Å². The van der Waals surface area contributed by atoms with Crippen molar-refractivity contribution in [2.24, 2.45) is 10.9 Å². The highest BCUT2D eigenvalue weighted by Gasteiger charge is 2.34. The van der Waals surface area contributed by atoms with Gasteiger partial charge in [0.15, 0.2) is 5.96 Å². The van der Waals surface area contributed by atoms with Gasteiger partial charge < -0.3 is 15.1 Å². The molecule has 1 aromatic carbocycles. The Bertz CT molecular complexity index is 756. The second-order valence-corrected chi connectivity index (χ2v) is 8.23. The smallest absolute Gasteiger partial charge is 0.356 e. The van der Waals surface area contributed by atoms with E-state index >= 15 is 0 Å². The number of likely N-dealkylation sites (tertiary alicyclic amines) is 1. The van der Waals surface area contributed by atoms with Gasteiger partial charge in [-0.25, -0.2) is 0 Å². The molecule has 3 rings (SSSR count). The summed E-state index contributed by atoms with van der Waals surface area (Å²) < 4.78 is 37.6. The van der Waals surface area contributed by atoms with E-state index in [9.17, 15) is 18.0 Å². The Labute approximate surface area is 179 Å². The van der Waals surface area contributed by atoms with Crippen LogP contribution in [0.15, 0.2) is 29.3 Å². The van der Waals surface area contributed by atoms with Crippen molar-refractivity contribution in [3.63, 3.8) is 0 Å². The van der Waals surface area contributed by atoms with Crippen LogP contribution in [-0.4, -0.2) is 85.6 Å². The summed E-state index contributed by atoms with van der Waals surface area (Å²) in [5.41, 5.74) is 1.02.